The summed E-state index contributed by atoms with van der Waals surface area (Å²) in [5.74, 6) is -0.137. The van der Waals surface area contributed by atoms with Crippen LogP contribution in [0.3, 0.4) is 0 Å². The molecule has 146 valence electrons. The Morgan fingerprint density at radius 3 is 2.14 bits per heavy atom. The van der Waals surface area contributed by atoms with Gasteiger partial charge < -0.3 is 5.32 Å². The molecule has 0 aliphatic rings. The smallest absolute Gasteiger partial charge is 0.240 e. The highest BCUT2D eigenvalue weighted by Gasteiger charge is 2.16. The molecule has 0 saturated heterocycles. The number of amides is 1. The van der Waals surface area contributed by atoms with Crippen LogP contribution in [-0.2, 0) is 28.4 Å². The zero-order chi connectivity index (χ0) is 20.3. The van der Waals surface area contributed by atoms with Crippen molar-refractivity contribution in [2.24, 2.45) is 7.05 Å². The van der Waals surface area contributed by atoms with Crippen molar-refractivity contribution in [3.8, 4) is 11.1 Å². The number of hydrogen-bond donors (Lipinski definition) is 2. The van der Waals surface area contributed by atoms with E-state index < -0.39 is 10.0 Å². The number of nitrogens with one attached hydrogen (secondary N) is 2. The summed E-state index contributed by atoms with van der Waals surface area (Å²) in [6, 6.07) is 13.8. The molecule has 0 atom stereocenters. The standard InChI is InChI=1S/C19H19ClN4O3S/c1-13(25)22-16-7-3-14(4-8-16)15-5-9-17(10-6-15)28(26,27)21-11-19-18(20)12-24(2)23-19/h3-10,12,21H,11H2,1-2H3,(H,22,25). The highest BCUT2D eigenvalue weighted by atomic mass is 35.5. The molecule has 7 nitrogen and oxygen atoms in total. The van der Waals surface area contributed by atoms with E-state index in [-0.39, 0.29) is 17.3 Å². The number of nitrogens with zero attached hydrogens (tertiary/aromatic N) is 2. The molecule has 0 saturated carbocycles. The monoisotopic (exact) mass is 418 g/mol. The number of hydrogen-bond acceptors (Lipinski definition) is 4. The Labute approximate surface area is 168 Å². The maximum atomic E-state index is 12.5. The minimum atomic E-state index is -3.69. The van der Waals surface area contributed by atoms with Gasteiger partial charge in [-0.25, -0.2) is 13.1 Å². The molecule has 3 rings (SSSR count). The van der Waals surface area contributed by atoms with Crippen LogP contribution < -0.4 is 10.0 Å². The third-order valence-corrected chi connectivity index (χ3v) is 5.72. The van der Waals surface area contributed by atoms with Crippen LogP contribution in [-0.4, -0.2) is 24.1 Å². The number of carbonyl (C=O) groups is 1. The van der Waals surface area contributed by atoms with E-state index in [0.717, 1.165) is 11.1 Å². The predicted octanol–water partition coefficient (Wildman–Crippen LogP) is 3.18. The number of carbonyl (C=O) groups excluding carboxylic acids is 1. The normalized spacial score (nSPS) is 11.4. The first-order valence-corrected chi connectivity index (χ1v) is 10.3. The quantitative estimate of drug-likeness (QED) is 0.643. The molecule has 28 heavy (non-hydrogen) atoms. The van der Waals surface area contributed by atoms with Crippen molar-refractivity contribution in [3.63, 3.8) is 0 Å². The maximum Gasteiger partial charge on any atom is 0.240 e. The minimum absolute atomic E-state index is 0.00830. The van der Waals surface area contributed by atoms with E-state index in [2.05, 4.69) is 15.1 Å². The fourth-order valence-electron chi connectivity index (χ4n) is 2.65. The van der Waals surface area contributed by atoms with Crippen molar-refractivity contribution in [2.75, 3.05) is 5.32 Å². The number of benzene rings is 2. The third-order valence-electron chi connectivity index (χ3n) is 3.99. The summed E-state index contributed by atoms with van der Waals surface area (Å²) in [5.41, 5.74) is 2.93. The van der Waals surface area contributed by atoms with Gasteiger partial charge in [-0.15, -0.1) is 0 Å². The molecular weight excluding hydrogens is 400 g/mol. The van der Waals surface area contributed by atoms with E-state index in [1.807, 2.05) is 12.1 Å². The van der Waals surface area contributed by atoms with Gasteiger partial charge in [-0.2, -0.15) is 5.10 Å². The lowest BCUT2D eigenvalue weighted by Crippen LogP contribution is -2.23. The topological polar surface area (TPSA) is 93.1 Å². The summed E-state index contributed by atoms with van der Waals surface area (Å²) in [5, 5.41) is 7.23. The predicted molar refractivity (Wildman–Crippen MR) is 108 cm³/mol. The summed E-state index contributed by atoms with van der Waals surface area (Å²) in [6.45, 7) is 1.46. The van der Waals surface area contributed by atoms with Crippen LogP contribution >= 0.6 is 11.6 Å². The first-order chi connectivity index (χ1) is 13.2. The first-order valence-electron chi connectivity index (χ1n) is 8.40. The van der Waals surface area contributed by atoms with Gasteiger partial charge in [-0.1, -0.05) is 35.9 Å². The van der Waals surface area contributed by atoms with E-state index in [9.17, 15) is 13.2 Å². The summed E-state index contributed by atoms with van der Waals surface area (Å²) < 4.78 is 29.0. The Bertz CT molecular complexity index is 1090. The number of aryl methyl sites for hydroxylation is 1. The molecule has 0 radical (unpaired) electrons. The molecule has 1 aromatic heterocycles. The summed E-state index contributed by atoms with van der Waals surface area (Å²) in [7, 11) is -1.98. The van der Waals surface area contributed by atoms with Gasteiger partial charge in [-0.05, 0) is 35.4 Å². The number of aromatic nitrogens is 2. The molecule has 0 aliphatic carbocycles. The molecule has 0 aliphatic heterocycles. The van der Waals surface area contributed by atoms with Gasteiger partial charge in [0.2, 0.25) is 15.9 Å². The van der Waals surface area contributed by atoms with Crippen LogP contribution in [0.1, 0.15) is 12.6 Å². The van der Waals surface area contributed by atoms with Gasteiger partial charge in [0.05, 0.1) is 22.2 Å². The van der Waals surface area contributed by atoms with Crippen molar-refractivity contribution in [1.82, 2.24) is 14.5 Å². The van der Waals surface area contributed by atoms with Crippen LogP contribution in [0.4, 0.5) is 5.69 Å². The molecule has 1 heterocycles. The Morgan fingerprint density at radius 2 is 1.64 bits per heavy atom. The van der Waals surface area contributed by atoms with Crippen molar-refractivity contribution >= 4 is 33.2 Å². The molecule has 2 N–H and O–H groups in total. The van der Waals surface area contributed by atoms with E-state index in [1.165, 1.54) is 11.6 Å². The van der Waals surface area contributed by atoms with Crippen molar-refractivity contribution in [3.05, 3.63) is 65.4 Å². The second kappa shape index (κ2) is 8.14. The number of anilines is 1. The van der Waals surface area contributed by atoms with Crippen LogP contribution in [0.15, 0.2) is 59.6 Å². The lowest BCUT2D eigenvalue weighted by Gasteiger charge is -2.08. The van der Waals surface area contributed by atoms with E-state index in [0.29, 0.717) is 16.4 Å². The van der Waals surface area contributed by atoms with Crippen molar-refractivity contribution < 1.29 is 13.2 Å². The van der Waals surface area contributed by atoms with Gasteiger partial charge in [-0.3, -0.25) is 9.48 Å². The van der Waals surface area contributed by atoms with Gasteiger partial charge in [0.15, 0.2) is 0 Å². The molecule has 2 aromatic carbocycles. The maximum absolute atomic E-state index is 12.5. The zero-order valence-corrected chi connectivity index (χ0v) is 16.9. The average molecular weight is 419 g/mol. The van der Waals surface area contributed by atoms with Crippen molar-refractivity contribution in [2.45, 2.75) is 18.4 Å². The minimum Gasteiger partial charge on any atom is -0.326 e. The van der Waals surface area contributed by atoms with Crippen LogP contribution in [0.2, 0.25) is 5.02 Å². The Balaban J connectivity index is 1.72. The lowest BCUT2D eigenvalue weighted by atomic mass is 10.1. The van der Waals surface area contributed by atoms with Crippen molar-refractivity contribution in [1.29, 1.82) is 0 Å². The second-order valence-corrected chi connectivity index (χ2v) is 8.38. The van der Waals surface area contributed by atoms with Gasteiger partial charge in [0, 0.05) is 25.9 Å². The van der Waals surface area contributed by atoms with Gasteiger partial charge in [0.25, 0.3) is 0 Å². The Kier molecular flexibility index (Phi) is 5.83. The molecule has 0 unspecified atom stereocenters. The molecule has 0 fully saturated rings. The summed E-state index contributed by atoms with van der Waals surface area (Å²) in [6.07, 6.45) is 1.61. The first kappa shape index (κ1) is 20.1. The Morgan fingerprint density at radius 1 is 1.07 bits per heavy atom. The van der Waals surface area contributed by atoms with Crippen LogP contribution in [0.5, 0.6) is 0 Å². The number of sulfonamides is 1. The SMILES string of the molecule is CC(=O)Nc1ccc(-c2ccc(S(=O)(=O)NCc3nn(C)cc3Cl)cc2)cc1. The van der Waals surface area contributed by atoms with Gasteiger partial charge >= 0.3 is 0 Å². The number of halogens is 1. The second-order valence-electron chi connectivity index (χ2n) is 6.20. The Hall–Kier alpha value is -2.68. The van der Waals surface area contributed by atoms with Crippen LogP contribution in [0, 0.1) is 0 Å². The molecule has 0 spiro atoms. The highest BCUT2D eigenvalue weighted by Crippen LogP contribution is 2.23. The molecular formula is C19H19ClN4O3S. The zero-order valence-electron chi connectivity index (χ0n) is 15.3. The average Bonchev–Trinajstić information content (AvgIpc) is 2.98. The molecule has 3 aromatic rings. The summed E-state index contributed by atoms with van der Waals surface area (Å²) >= 11 is 6.01. The number of rotatable bonds is 6. The molecule has 9 heteroatoms. The third kappa shape index (κ3) is 4.78. The fourth-order valence-corrected chi connectivity index (χ4v) is 3.88. The van der Waals surface area contributed by atoms with Gasteiger partial charge in [0.1, 0.15) is 0 Å². The lowest BCUT2D eigenvalue weighted by molar-refractivity contribution is -0.114. The highest BCUT2D eigenvalue weighted by molar-refractivity contribution is 7.89. The van der Waals surface area contributed by atoms with E-state index in [1.54, 1.807) is 49.6 Å². The van der Waals surface area contributed by atoms with E-state index in [4.69, 9.17) is 11.6 Å². The molecule has 1 amide bonds. The fraction of sp³-hybridized carbons (Fsp3) is 0.158. The summed E-state index contributed by atoms with van der Waals surface area (Å²) in [4.78, 5) is 11.2. The molecule has 0 bridgehead atoms. The van der Waals surface area contributed by atoms with Crippen LogP contribution in [0.25, 0.3) is 11.1 Å². The largest absolute Gasteiger partial charge is 0.326 e. The van der Waals surface area contributed by atoms with E-state index >= 15 is 0 Å².